The first-order valence-corrected chi connectivity index (χ1v) is 23.4. The highest BCUT2D eigenvalue weighted by Crippen LogP contribution is 2.33. The lowest BCUT2D eigenvalue weighted by Gasteiger charge is -2.16. The van der Waals surface area contributed by atoms with Crippen molar-refractivity contribution in [3.05, 3.63) is 24.3 Å². The van der Waals surface area contributed by atoms with Gasteiger partial charge >= 0.3 is 11.9 Å². The Kier molecular flexibility index (Phi) is 33.5. The van der Waals surface area contributed by atoms with Crippen LogP contribution in [0.4, 0.5) is 0 Å². The van der Waals surface area contributed by atoms with Gasteiger partial charge in [0.15, 0.2) is 6.10 Å². The average molecular weight is 791 g/mol. The molecular formula is C48H86O8. The van der Waals surface area contributed by atoms with Gasteiger partial charge in [0.1, 0.15) is 12.4 Å². The zero-order chi connectivity index (χ0) is 41.1. The van der Waals surface area contributed by atoms with Crippen LogP contribution in [-0.4, -0.2) is 64.6 Å². The van der Waals surface area contributed by atoms with Crippen LogP contribution >= 0.6 is 0 Å². The Bertz CT molecular complexity index is 1020. The lowest BCUT2D eigenvalue weighted by atomic mass is 9.90. The van der Waals surface area contributed by atoms with Gasteiger partial charge < -0.3 is 24.8 Å². The van der Waals surface area contributed by atoms with Gasteiger partial charge in [-0.15, -0.1) is 0 Å². The number of aliphatic hydroxyl groups excluding tert-OH is 3. The standard InChI is InChI=1S/C48H86O8/c1-4-6-25-31-41(50)35-36-44-43(45(51)37-46(44)52)32-27-23-24-28-33-47(53)55-39-42(38-49)56-48(54)34-29-22-20-18-16-14-12-10-8-7-9-11-13-15-17-19-21-26-30-40(3)5-2/h23,27,35-36,40-44,46,49-50,52H,4-22,24-26,28-34,37-39H2,1-3H3/b27-23-,36-35+/t40?,41-,42-,43+,44+,46+/m0/s1. The molecule has 0 aromatic rings. The van der Waals surface area contributed by atoms with Crippen LogP contribution in [0.1, 0.15) is 213 Å². The Morgan fingerprint density at radius 1 is 0.732 bits per heavy atom. The first-order valence-electron chi connectivity index (χ1n) is 23.4. The molecule has 1 unspecified atom stereocenters. The first kappa shape index (κ1) is 52.0. The Morgan fingerprint density at radius 3 is 1.82 bits per heavy atom. The van der Waals surface area contributed by atoms with E-state index >= 15 is 0 Å². The third kappa shape index (κ3) is 28.4. The monoisotopic (exact) mass is 791 g/mol. The van der Waals surface area contributed by atoms with Gasteiger partial charge in [0.2, 0.25) is 0 Å². The number of allylic oxidation sites excluding steroid dienone is 2. The van der Waals surface area contributed by atoms with E-state index in [-0.39, 0.29) is 43.0 Å². The van der Waals surface area contributed by atoms with Gasteiger partial charge in [0.05, 0.1) is 18.8 Å². The number of ether oxygens (including phenoxy) is 2. The van der Waals surface area contributed by atoms with Crippen LogP contribution in [0.15, 0.2) is 24.3 Å². The fourth-order valence-corrected chi connectivity index (χ4v) is 7.63. The number of rotatable bonds is 38. The maximum absolute atomic E-state index is 12.5. The SMILES string of the molecule is CCCCC[C@H](O)/C=C/[C@H]1[C@H](O)CC(=O)[C@@H]1C/C=C\CCCC(=O)OC[C@H](CO)OC(=O)CCCCCCCCCCCCCCCCCCCCC(C)CC. The molecule has 56 heavy (non-hydrogen) atoms. The van der Waals surface area contributed by atoms with Crippen LogP contribution in [0.2, 0.25) is 0 Å². The number of unbranched alkanes of at least 4 members (excludes halogenated alkanes) is 20. The molecule has 0 saturated heterocycles. The van der Waals surface area contributed by atoms with E-state index < -0.39 is 30.9 Å². The summed E-state index contributed by atoms with van der Waals surface area (Å²) in [7, 11) is 0. The van der Waals surface area contributed by atoms with Gasteiger partial charge in [-0.3, -0.25) is 14.4 Å². The molecule has 0 heterocycles. The molecular weight excluding hydrogens is 705 g/mol. The molecule has 1 rings (SSSR count). The highest BCUT2D eigenvalue weighted by atomic mass is 16.6. The fourth-order valence-electron chi connectivity index (χ4n) is 7.63. The summed E-state index contributed by atoms with van der Waals surface area (Å²) < 4.78 is 10.6. The summed E-state index contributed by atoms with van der Waals surface area (Å²) in [6.45, 7) is 6.22. The molecule has 0 bridgehead atoms. The second-order valence-electron chi connectivity index (χ2n) is 16.9. The summed E-state index contributed by atoms with van der Waals surface area (Å²) in [6, 6.07) is 0. The Balaban J connectivity index is 2.01. The van der Waals surface area contributed by atoms with Gasteiger partial charge in [-0.2, -0.15) is 0 Å². The predicted octanol–water partition coefficient (Wildman–Crippen LogP) is 11.5. The van der Waals surface area contributed by atoms with E-state index in [1.54, 1.807) is 12.2 Å². The second-order valence-corrected chi connectivity index (χ2v) is 16.9. The molecule has 0 radical (unpaired) electrons. The number of carbonyl (C=O) groups is 3. The van der Waals surface area contributed by atoms with Crippen molar-refractivity contribution in [2.75, 3.05) is 13.2 Å². The van der Waals surface area contributed by atoms with E-state index in [2.05, 4.69) is 20.8 Å². The van der Waals surface area contributed by atoms with Gasteiger partial charge in [-0.25, -0.2) is 0 Å². The molecule has 1 aliphatic rings. The Hall–Kier alpha value is -2.03. The van der Waals surface area contributed by atoms with Crippen molar-refractivity contribution >= 4 is 17.7 Å². The number of Topliss-reactive ketones (excluding diaryl/α,β-unsaturated/α-hetero) is 1. The molecule has 0 aromatic heterocycles. The minimum absolute atomic E-state index is 0.0331. The minimum Gasteiger partial charge on any atom is -0.462 e. The van der Waals surface area contributed by atoms with E-state index in [0.717, 1.165) is 44.4 Å². The van der Waals surface area contributed by atoms with Crippen molar-refractivity contribution in [1.29, 1.82) is 0 Å². The van der Waals surface area contributed by atoms with Crippen molar-refractivity contribution < 1.29 is 39.2 Å². The average Bonchev–Trinajstić information content (AvgIpc) is 3.46. The van der Waals surface area contributed by atoms with E-state index in [1.165, 1.54) is 109 Å². The molecule has 0 aromatic carbocycles. The van der Waals surface area contributed by atoms with Crippen molar-refractivity contribution in [2.45, 2.75) is 232 Å². The summed E-state index contributed by atoms with van der Waals surface area (Å²) in [5.41, 5.74) is 0. The van der Waals surface area contributed by atoms with Crippen molar-refractivity contribution in [1.82, 2.24) is 0 Å². The molecule has 3 N–H and O–H groups in total. The molecule has 6 atom stereocenters. The van der Waals surface area contributed by atoms with Crippen LogP contribution in [0, 0.1) is 17.8 Å². The largest absolute Gasteiger partial charge is 0.462 e. The van der Waals surface area contributed by atoms with Crippen molar-refractivity contribution in [3.8, 4) is 0 Å². The van der Waals surface area contributed by atoms with E-state index in [4.69, 9.17) is 9.47 Å². The molecule has 0 aliphatic heterocycles. The number of ketones is 1. The summed E-state index contributed by atoms with van der Waals surface area (Å²) in [5, 5.41) is 30.2. The molecule has 1 saturated carbocycles. The van der Waals surface area contributed by atoms with Crippen LogP contribution in [0.5, 0.6) is 0 Å². The number of hydrogen-bond donors (Lipinski definition) is 3. The van der Waals surface area contributed by atoms with E-state index in [1.807, 2.05) is 12.2 Å². The number of esters is 2. The normalized spacial score (nSPS) is 18.9. The van der Waals surface area contributed by atoms with Crippen LogP contribution in [0.3, 0.4) is 0 Å². The first-order chi connectivity index (χ1) is 27.2. The summed E-state index contributed by atoms with van der Waals surface area (Å²) >= 11 is 0. The molecule has 1 aliphatic carbocycles. The third-order valence-electron chi connectivity index (χ3n) is 11.7. The zero-order valence-corrected chi connectivity index (χ0v) is 36.3. The van der Waals surface area contributed by atoms with E-state index in [0.29, 0.717) is 32.1 Å². The smallest absolute Gasteiger partial charge is 0.306 e. The molecule has 0 amide bonds. The highest BCUT2D eigenvalue weighted by molar-refractivity contribution is 5.84. The van der Waals surface area contributed by atoms with Crippen LogP contribution < -0.4 is 0 Å². The molecule has 326 valence electrons. The fraction of sp³-hybridized carbons (Fsp3) is 0.854. The van der Waals surface area contributed by atoms with Crippen molar-refractivity contribution in [2.24, 2.45) is 17.8 Å². The lowest BCUT2D eigenvalue weighted by molar-refractivity contribution is -0.161. The maximum atomic E-state index is 12.5. The van der Waals surface area contributed by atoms with Gasteiger partial charge in [-0.1, -0.05) is 186 Å². The predicted molar refractivity (Wildman–Crippen MR) is 229 cm³/mol. The summed E-state index contributed by atoms with van der Waals surface area (Å²) in [5.74, 6) is -0.461. The maximum Gasteiger partial charge on any atom is 0.306 e. The van der Waals surface area contributed by atoms with Crippen LogP contribution in [0.25, 0.3) is 0 Å². The highest BCUT2D eigenvalue weighted by Gasteiger charge is 2.39. The summed E-state index contributed by atoms with van der Waals surface area (Å²) in [6.07, 6.45) is 37.4. The van der Waals surface area contributed by atoms with Gasteiger partial charge in [-0.05, 0) is 38.0 Å². The lowest BCUT2D eigenvalue weighted by Crippen LogP contribution is -2.28. The minimum atomic E-state index is -0.857. The summed E-state index contributed by atoms with van der Waals surface area (Å²) in [4.78, 5) is 37.0. The van der Waals surface area contributed by atoms with Gasteiger partial charge in [0, 0.05) is 31.1 Å². The topological polar surface area (TPSA) is 130 Å². The second kappa shape index (κ2) is 36.1. The molecule has 1 fully saturated rings. The number of carbonyl (C=O) groups excluding carboxylic acids is 3. The van der Waals surface area contributed by atoms with E-state index in [9.17, 15) is 29.7 Å². The van der Waals surface area contributed by atoms with Crippen molar-refractivity contribution in [3.63, 3.8) is 0 Å². The zero-order valence-electron chi connectivity index (χ0n) is 36.3. The third-order valence-corrected chi connectivity index (χ3v) is 11.7. The molecule has 8 heteroatoms. The molecule has 8 nitrogen and oxygen atoms in total. The number of aliphatic hydroxyl groups is 3. The quantitative estimate of drug-likeness (QED) is 0.0320. The van der Waals surface area contributed by atoms with Gasteiger partial charge in [0.25, 0.3) is 0 Å². The number of hydrogen-bond acceptors (Lipinski definition) is 8. The molecule has 0 spiro atoms. The van der Waals surface area contributed by atoms with Crippen LogP contribution in [-0.2, 0) is 23.9 Å². The Labute approximate surface area is 343 Å². The Morgan fingerprint density at radius 2 is 1.27 bits per heavy atom.